The Bertz CT molecular complexity index is 197. The van der Waals surface area contributed by atoms with Gasteiger partial charge >= 0.3 is 0 Å². The molecule has 0 radical (unpaired) electrons. The molecule has 0 aliphatic heterocycles. The van der Waals surface area contributed by atoms with E-state index in [1.807, 2.05) is 0 Å². The van der Waals surface area contributed by atoms with Crippen LogP contribution in [0.3, 0.4) is 0 Å². The third kappa shape index (κ3) is 5.36. The summed E-state index contributed by atoms with van der Waals surface area (Å²) in [6, 6.07) is 0.471. The van der Waals surface area contributed by atoms with Crippen molar-refractivity contribution in [3.63, 3.8) is 0 Å². The lowest BCUT2D eigenvalue weighted by Gasteiger charge is -2.32. The van der Waals surface area contributed by atoms with Crippen LogP contribution >= 0.6 is 0 Å². The van der Waals surface area contributed by atoms with E-state index in [4.69, 9.17) is 4.74 Å². The summed E-state index contributed by atoms with van der Waals surface area (Å²) in [5, 5.41) is 12.6. The second kappa shape index (κ2) is 8.06. The van der Waals surface area contributed by atoms with Crippen molar-refractivity contribution in [1.29, 1.82) is 0 Å². The van der Waals surface area contributed by atoms with E-state index in [9.17, 15) is 5.11 Å². The molecule has 0 aromatic carbocycles. The largest absolute Gasteiger partial charge is 0.395 e. The van der Waals surface area contributed by atoms with Gasteiger partial charge < -0.3 is 15.2 Å². The van der Waals surface area contributed by atoms with Gasteiger partial charge in [-0.3, -0.25) is 0 Å². The first-order chi connectivity index (χ1) is 8.17. The molecule has 3 unspecified atom stereocenters. The summed E-state index contributed by atoms with van der Waals surface area (Å²) in [6.45, 7) is 7.23. The van der Waals surface area contributed by atoms with E-state index in [-0.39, 0.29) is 12.6 Å². The third-order valence-electron chi connectivity index (χ3n) is 3.66. The molecule has 3 nitrogen and oxygen atoms in total. The molecule has 0 bridgehead atoms. The molecular formula is C14H29NO2. The van der Waals surface area contributed by atoms with E-state index in [0.717, 1.165) is 5.92 Å². The van der Waals surface area contributed by atoms with E-state index in [1.54, 1.807) is 0 Å². The molecule has 1 aliphatic carbocycles. The van der Waals surface area contributed by atoms with Gasteiger partial charge in [-0.2, -0.15) is 0 Å². The van der Waals surface area contributed by atoms with Crippen molar-refractivity contribution in [3.05, 3.63) is 0 Å². The van der Waals surface area contributed by atoms with Gasteiger partial charge in [0.15, 0.2) is 0 Å². The van der Waals surface area contributed by atoms with Crippen LogP contribution < -0.4 is 5.32 Å². The number of hydrogen-bond donors (Lipinski definition) is 2. The van der Waals surface area contributed by atoms with Gasteiger partial charge in [-0.1, -0.05) is 40.0 Å². The molecule has 0 aromatic rings. The van der Waals surface area contributed by atoms with E-state index >= 15 is 0 Å². The highest BCUT2D eigenvalue weighted by molar-refractivity contribution is 4.76. The van der Waals surface area contributed by atoms with Crippen LogP contribution in [0.15, 0.2) is 0 Å². The third-order valence-corrected chi connectivity index (χ3v) is 3.66. The highest BCUT2D eigenvalue weighted by atomic mass is 16.5. The Balaban J connectivity index is 2.31. The Kier molecular flexibility index (Phi) is 7.09. The zero-order chi connectivity index (χ0) is 12.7. The number of hydrogen-bond acceptors (Lipinski definition) is 3. The molecular weight excluding hydrogens is 214 g/mol. The molecule has 1 saturated carbocycles. The normalized spacial score (nSPS) is 27.4. The summed E-state index contributed by atoms with van der Waals surface area (Å²) in [5.74, 6) is 0.724. The Morgan fingerprint density at radius 2 is 2.00 bits per heavy atom. The number of aliphatic hydroxyl groups is 1. The van der Waals surface area contributed by atoms with Gasteiger partial charge in [0.2, 0.25) is 0 Å². The van der Waals surface area contributed by atoms with E-state index in [0.29, 0.717) is 18.8 Å². The lowest BCUT2D eigenvalue weighted by atomic mass is 9.85. The number of aliphatic hydroxyl groups excluding tert-OH is 1. The average Bonchev–Trinajstić information content (AvgIpc) is 2.34. The van der Waals surface area contributed by atoms with Crippen LogP contribution in [-0.2, 0) is 4.74 Å². The Morgan fingerprint density at radius 3 is 2.59 bits per heavy atom. The maximum Gasteiger partial charge on any atom is 0.0646 e. The van der Waals surface area contributed by atoms with Crippen LogP contribution in [0.1, 0.15) is 52.9 Å². The number of ether oxygens (including phenoxy) is 1. The quantitative estimate of drug-likeness (QED) is 0.721. The van der Waals surface area contributed by atoms with E-state index in [1.165, 1.54) is 32.1 Å². The highest BCUT2D eigenvalue weighted by Gasteiger charge is 2.25. The Hall–Kier alpha value is -0.120. The molecule has 1 aliphatic rings. The molecule has 0 saturated heterocycles. The van der Waals surface area contributed by atoms with Crippen molar-refractivity contribution < 1.29 is 9.84 Å². The topological polar surface area (TPSA) is 41.5 Å². The zero-order valence-electron chi connectivity index (χ0n) is 11.6. The van der Waals surface area contributed by atoms with E-state index in [2.05, 4.69) is 26.1 Å². The van der Waals surface area contributed by atoms with Crippen LogP contribution in [0.4, 0.5) is 0 Å². The maximum atomic E-state index is 9.28. The minimum atomic E-state index is 0.0782. The minimum Gasteiger partial charge on any atom is -0.395 e. The van der Waals surface area contributed by atoms with Gasteiger partial charge in [0.25, 0.3) is 0 Å². The summed E-state index contributed by atoms with van der Waals surface area (Å²) in [7, 11) is 0. The fourth-order valence-electron chi connectivity index (χ4n) is 2.72. The summed E-state index contributed by atoms with van der Waals surface area (Å²) in [5.41, 5.74) is 0. The van der Waals surface area contributed by atoms with Gasteiger partial charge in [-0.25, -0.2) is 0 Å². The lowest BCUT2D eigenvalue weighted by molar-refractivity contribution is -0.0280. The molecule has 2 N–H and O–H groups in total. The summed E-state index contributed by atoms with van der Waals surface area (Å²) in [6.07, 6.45) is 6.78. The molecule has 3 atom stereocenters. The Labute approximate surface area is 106 Å². The molecule has 17 heavy (non-hydrogen) atoms. The molecule has 0 aromatic heterocycles. The predicted octanol–water partition coefficient (Wildman–Crippen LogP) is 2.33. The van der Waals surface area contributed by atoms with Gasteiger partial charge in [-0.05, 0) is 18.8 Å². The highest BCUT2D eigenvalue weighted by Crippen LogP contribution is 2.29. The summed E-state index contributed by atoms with van der Waals surface area (Å²) < 4.78 is 6.02. The van der Waals surface area contributed by atoms with Crippen molar-refractivity contribution in [2.24, 2.45) is 5.92 Å². The molecule has 1 rings (SSSR count). The fourth-order valence-corrected chi connectivity index (χ4v) is 2.72. The minimum absolute atomic E-state index is 0.0782. The zero-order valence-corrected chi connectivity index (χ0v) is 11.6. The van der Waals surface area contributed by atoms with Gasteiger partial charge in [-0.15, -0.1) is 0 Å². The molecule has 0 heterocycles. The maximum absolute atomic E-state index is 9.28. The van der Waals surface area contributed by atoms with Crippen molar-refractivity contribution in [3.8, 4) is 0 Å². The number of rotatable bonds is 7. The van der Waals surface area contributed by atoms with Crippen molar-refractivity contribution >= 4 is 0 Å². The monoisotopic (exact) mass is 243 g/mol. The second-order valence-corrected chi connectivity index (χ2v) is 5.53. The molecule has 102 valence electrons. The fraction of sp³-hybridized carbons (Fsp3) is 1.00. The molecule has 3 heteroatoms. The second-order valence-electron chi connectivity index (χ2n) is 5.53. The van der Waals surface area contributed by atoms with Crippen LogP contribution in [0, 0.1) is 5.92 Å². The molecule has 1 fully saturated rings. The summed E-state index contributed by atoms with van der Waals surface area (Å²) in [4.78, 5) is 0. The van der Waals surface area contributed by atoms with Crippen LogP contribution in [0.25, 0.3) is 0 Å². The first-order valence-electron chi connectivity index (χ1n) is 7.15. The predicted molar refractivity (Wildman–Crippen MR) is 71.1 cm³/mol. The molecule has 0 amide bonds. The van der Waals surface area contributed by atoms with Crippen LogP contribution in [-0.4, -0.2) is 36.5 Å². The van der Waals surface area contributed by atoms with Gasteiger partial charge in [0.05, 0.1) is 25.4 Å². The smallest absolute Gasteiger partial charge is 0.0646 e. The lowest BCUT2D eigenvalue weighted by Crippen LogP contribution is -2.42. The number of nitrogens with one attached hydrogen (secondary N) is 1. The van der Waals surface area contributed by atoms with Gasteiger partial charge in [0.1, 0.15) is 0 Å². The Morgan fingerprint density at radius 1 is 1.29 bits per heavy atom. The van der Waals surface area contributed by atoms with Crippen molar-refractivity contribution in [2.75, 3.05) is 13.2 Å². The molecule has 0 spiro atoms. The SMILES string of the molecule is CCC1CCCCC1OCC(CO)NC(C)C. The van der Waals surface area contributed by atoms with Crippen LogP contribution in [0.5, 0.6) is 0 Å². The standard InChI is InChI=1S/C14H29NO2/c1-4-12-7-5-6-8-14(12)17-10-13(9-16)15-11(2)3/h11-16H,4-10H2,1-3H3. The van der Waals surface area contributed by atoms with E-state index < -0.39 is 0 Å². The van der Waals surface area contributed by atoms with Crippen LogP contribution in [0.2, 0.25) is 0 Å². The average molecular weight is 243 g/mol. The van der Waals surface area contributed by atoms with Crippen molar-refractivity contribution in [1.82, 2.24) is 5.32 Å². The first-order valence-corrected chi connectivity index (χ1v) is 7.15. The first kappa shape index (κ1) is 14.9. The van der Waals surface area contributed by atoms with Crippen molar-refractivity contribution in [2.45, 2.75) is 71.1 Å². The summed E-state index contributed by atoms with van der Waals surface area (Å²) >= 11 is 0. The van der Waals surface area contributed by atoms with Gasteiger partial charge in [0, 0.05) is 6.04 Å².